The van der Waals surface area contributed by atoms with Crippen LogP contribution < -0.4 is 9.64 Å². The molecule has 1 saturated carbocycles. The number of amides is 1. The molecule has 0 heterocycles. The smallest absolute Gasteiger partial charge is 0.214 e. The van der Waals surface area contributed by atoms with Crippen LogP contribution in [0.5, 0.6) is 5.75 Å². The zero-order valence-electron chi connectivity index (χ0n) is 10.3. The van der Waals surface area contributed by atoms with Crippen molar-refractivity contribution in [3.63, 3.8) is 0 Å². The number of anilines is 1. The molecular weight excluding hydrogens is 214 g/mol. The molecule has 92 valence electrons. The van der Waals surface area contributed by atoms with Gasteiger partial charge in [-0.05, 0) is 37.1 Å². The molecule has 0 N–H and O–H groups in total. The van der Waals surface area contributed by atoms with Crippen LogP contribution in [-0.2, 0) is 4.79 Å². The molecule has 0 spiro atoms. The minimum absolute atomic E-state index is 0.370. The van der Waals surface area contributed by atoms with Crippen molar-refractivity contribution in [3.8, 4) is 5.75 Å². The van der Waals surface area contributed by atoms with Crippen molar-refractivity contribution in [3.05, 3.63) is 24.3 Å². The van der Waals surface area contributed by atoms with Gasteiger partial charge in [0, 0.05) is 11.7 Å². The van der Waals surface area contributed by atoms with Gasteiger partial charge in [0.25, 0.3) is 0 Å². The van der Waals surface area contributed by atoms with E-state index in [2.05, 4.69) is 0 Å². The SMILES string of the molecule is COc1ccc(N(C=O)C2CCCCC2)cc1. The lowest BCUT2D eigenvalue weighted by Gasteiger charge is -2.31. The van der Waals surface area contributed by atoms with Crippen molar-refractivity contribution in [2.45, 2.75) is 38.1 Å². The van der Waals surface area contributed by atoms with Crippen LogP contribution in [0.4, 0.5) is 5.69 Å². The van der Waals surface area contributed by atoms with Crippen LogP contribution in [0.15, 0.2) is 24.3 Å². The van der Waals surface area contributed by atoms with Crippen molar-refractivity contribution in [2.24, 2.45) is 0 Å². The number of carbonyl (C=O) groups excluding carboxylic acids is 1. The number of methoxy groups -OCH3 is 1. The molecule has 0 aromatic heterocycles. The van der Waals surface area contributed by atoms with Gasteiger partial charge in [-0.1, -0.05) is 19.3 Å². The van der Waals surface area contributed by atoms with Crippen LogP contribution in [0.3, 0.4) is 0 Å². The summed E-state index contributed by atoms with van der Waals surface area (Å²) in [5, 5.41) is 0. The number of benzene rings is 1. The zero-order chi connectivity index (χ0) is 12.1. The fraction of sp³-hybridized carbons (Fsp3) is 0.500. The molecule has 3 nitrogen and oxygen atoms in total. The van der Waals surface area contributed by atoms with E-state index < -0.39 is 0 Å². The van der Waals surface area contributed by atoms with Gasteiger partial charge >= 0.3 is 0 Å². The van der Waals surface area contributed by atoms with Crippen LogP contribution in [0, 0.1) is 0 Å². The van der Waals surface area contributed by atoms with E-state index in [1.54, 1.807) is 7.11 Å². The molecule has 2 rings (SSSR count). The van der Waals surface area contributed by atoms with Gasteiger partial charge in [0.05, 0.1) is 7.11 Å². The molecule has 0 unspecified atom stereocenters. The van der Waals surface area contributed by atoms with E-state index in [1.807, 2.05) is 29.2 Å². The third kappa shape index (κ3) is 2.78. The molecule has 0 saturated heterocycles. The number of hydrogen-bond acceptors (Lipinski definition) is 2. The second-order valence-electron chi connectivity index (χ2n) is 4.50. The van der Waals surface area contributed by atoms with Crippen molar-refractivity contribution in [2.75, 3.05) is 12.0 Å². The van der Waals surface area contributed by atoms with Crippen molar-refractivity contribution in [1.82, 2.24) is 0 Å². The minimum atomic E-state index is 0.370. The highest BCUT2D eigenvalue weighted by atomic mass is 16.5. The predicted molar refractivity (Wildman–Crippen MR) is 68.4 cm³/mol. The fourth-order valence-electron chi connectivity index (χ4n) is 2.47. The van der Waals surface area contributed by atoms with Crippen LogP contribution in [-0.4, -0.2) is 19.6 Å². The van der Waals surface area contributed by atoms with Crippen molar-refractivity contribution >= 4 is 12.1 Å². The Bertz CT molecular complexity index is 355. The molecule has 0 bridgehead atoms. The minimum Gasteiger partial charge on any atom is -0.497 e. The van der Waals surface area contributed by atoms with Gasteiger partial charge in [0.15, 0.2) is 0 Å². The average molecular weight is 233 g/mol. The summed E-state index contributed by atoms with van der Waals surface area (Å²) < 4.78 is 5.12. The van der Waals surface area contributed by atoms with Gasteiger partial charge in [-0.2, -0.15) is 0 Å². The summed E-state index contributed by atoms with van der Waals surface area (Å²) in [6.07, 6.45) is 6.94. The highest BCUT2D eigenvalue weighted by Gasteiger charge is 2.20. The maximum absolute atomic E-state index is 11.3. The van der Waals surface area contributed by atoms with E-state index in [9.17, 15) is 4.79 Å². The van der Waals surface area contributed by atoms with Gasteiger partial charge in [0.2, 0.25) is 6.41 Å². The Morgan fingerprint density at radius 1 is 1.18 bits per heavy atom. The normalized spacial score (nSPS) is 16.5. The van der Waals surface area contributed by atoms with Crippen LogP contribution in [0.2, 0.25) is 0 Å². The summed E-state index contributed by atoms with van der Waals surface area (Å²) in [5.74, 6) is 0.822. The first kappa shape index (κ1) is 12.0. The lowest BCUT2D eigenvalue weighted by atomic mass is 9.94. The summed E-state index contributed by atoms with van der Waals surface area (Å²) in [5.41, 5.74) is 0.965. The summed E-state index contributed by atoms with van der Waals surface area (Å²) in [6.45, 7) is 0. The van der Waals surface area contributed by atoms with E-state index in [0.29, 0.717) is 6.04 Å². The van der Waals surface area contributed by atoms with Crippen LogP contribution in [0.25, 0.3) is 0 Å². The first-order chi connectivity index (χ1) is 8.35. The van der Waals surface area contributed by atoms with E-state index in [1.165, 1.54) is 19.3 Å². The average Bonchev–Trinajstić information content (AvgIpc) is 2.42. The molecule has 0 atom stereocenters. The topological polar surface area (TPSA) is 29.5 Å². The van der Waals surface area contributed by atoms with Gasteiger partial charge in [-0.3, -0.25) is 4.79 Å². The summed E-state index contributed by atoms with van der Waals surface area (Å²) >= 11 is 0. The number of rotatable bonds is 4. The number of ether oxygens (including phenoxy) is 1. The summed E-state index contributed by atoms with van der Waals surface area (Å²) in [7, 11) is 1.65. The maximum atomic E-state index is 11.3. The Kier molecular flexibility index (Phi) is 4.02. The maximum Gasteiger partial charge on any atom is 0.214 e. The molecule has 0 aliphatic heterocycles. The monoisotopic (exact) mass is 233 g/mol. The highest BCUT2D eigenvalue weighted by molar-refractivity contribution is 5.76. The van der Waals surface area contributed by atoms with E-state index in [-0.39, 0.29) is 0 Å². The Morgan fingerprint density at radius 3 is 2.35 bits per heavy atom. The number of carbonyl (C=O) groups is 1. The molecule has 3 heteroatoms. The Morgan fingerprint density at radius 2 is 1.82 bits per heavy atom. The van der Waals surface area contributed by atoms with Crippen molar-refractivity contribution < 1.29 is 9.53 Å². The summed E-state index contributed by atoms with van der Waals surface area (Å²) in [6, 6.07) is 8.06. The summed E-state index contributed by atoms with van der Waals surface area (Å²) in [4.78, 5) is 13.1. The van der Waals surface area contributed by atoms with E-state index in [0.717, 1.165) is 30.7 Å². The Balaban J connectivity index is 2.12. The van der Waals surface area contributed by atoms with E-state index in [4.69, 9.17) is 4.74 Å². The van der Waals surface area contributed by atoms with Crippen LogP contribution in [0.1, 0.15) is 32.1 Å². The Hall–Kier alpha value is -1.51. The third-order valence-electron chi connectivity index (χ3n) is 3.45. The molecule has 1 aromatic carbocycles. The molecule has 1 aromatic rings. The van der Waals surface area contributed by atoms with Gasteiger partial charge < -0.3 is 9.64 Å². The van der Waals surface area contributed by atoms with Gasteiger partial charge in [-0.15, -0.1) is 0 Å². The molecule has 1 fully saturated rings. The molecular formula is C14H19NO2. The second kappa shape index (κ2) is 5.71. The lowest BCUT2D eigenvalue weighted by Crippen LogP contribution is -2.35. The first-order valence-corrected chi connectivity index (χ1v) is 6.23. The van der Waals surface area contributed by atoms with Crippen molar-refractivity contribution in [1.29, 1.82) is 0 Å². The Labute approximate surface area is 102 Å². The molecule has 0 radical (unpaired) electrons. The molecule has 1 aliphatic carbocycles. The largest absolute Gasteiger partial charge is 0.497 e. The second-order valence-corrected chi connectivity index (χ2v) is 4.50. The van der Waals surface area contributed by atoms with Crippen LogP contribution >= 0.6 is 0 Å². The standard InChI is InChI=1S/C14H19NO2/c1-17-14-9-7-13(8-10-14)15(11-16)12-5-3-2-4-6-12/h7-12H,2-6H2,1H3. The molecule has 17 heavy (non-hydrogen) atoms. The fourth-order valence-corrected chi connectivity index (χ4v) is 2.47. The quantitative estimate of drug-likeness (QED) is 0.748. The van der Waals surface area contributed by atoms with E-state index >= 15 is 0 Å². The number of nitrogens with zero attached hydrogens (tertiary/aromatic N) is 1. The highest BCUT2D eigenvalue weighted by Crippen LogP contribution is 2.27. The van der Waals surface area contributed by atoms with Gasteiger partial charge in [-0.25, -0.2) is 0 Å². The first-order valence-electron chi connectivity index (χ1n) is 6.23. The predicted octanol–water partition coefficient (Wildman–Crippen LogP) is 2.99. The lowest BCUT2D eigenvalue weighted by molar-refractivity contribution is -0.108. The van der Waals surface area contributed by atoms with Gasteiger partial charge in [0.1, 0.15) is 5.75 Å². The third-order valence-corrected chi connectivity index (χ3v) is 3.45. The zero-order valence-corrected chi connectivity index (χ0v) is 10.3. The molecule has 1 aliphatic rings. The molecule has 1 amide bonds. The number of hydrogen-bond donors (Lipinski definition) is 0.